The fourth-order valence-corrected chi connectivity index (χ4v) is 3.72. The van der Waals surface area contributed by atoms with E-state index in [0.717, 1.165) is 35.9 Å². The summed E-state index contributed by atoms with van der Waals surface area (Å²) < 4.78 is 1.91. The monoisotopic (exact) mass is 319 g/mol. The summed E-state index contributed by atoms with van der Waals surface area (Å²) in [5, 5.41) is 11.4. The van der Waals surface area contributed by atoms with E-state index >= 15 is 0 Å². The molecule has 6 nitrogen and oxygen atoms in total. The summed E-state index contributed by atoms with van der Waals surface area (Å²) in [4.78, 5) is 14.5. The number of hydrogen-bond donors (Lipinski definition) is 1. The lowest BCUT2D eigenvalue weighted by Gasteiger charge is -2.28. The van der Waals surface area contributed by atoms with Gasteiger partial charge in [-0.3, -0.25) is 4.40 Å². The third-order valence-corrected chi connectivity index (χ3v) is 5.01. The van der Waals surface area contributed by atoms with Crippen LogP contribution in [0.3, 0.4) is 0 Å². The largest absolute Gasteiger partial charge is 0.328 e. The molecule has 1 saturated heterocycles. The molecule has 2 aromatic rings. The second-order valence-electron chi connectivity index (χ2n) is 5.60. The minimum Gasteiger partial charge on any atom is -0.328 e. The molecule has 1 fully saturated rings. The molecule has 0 aromatic carbocycles. The standard InChI is InChI=1S/C15H21N5OS/c1-11-6-9-22-10-8-19(11)15(21)16-12(2)14-18-17-13-5-3-4-7-20(13)14/h3-5,7,11-12H,6,8-10H2,1-2H3,(H,16,21)/t11-,12+/m1/s1. The van der Waals surface area contributed by atoms with Gasteiger partial charge in [0.15, 0.2) is 11.5 Å². The van der Waals surface area contributed by atoms with E-state index < -0.39 is 0 Å². The predicted octanol–water partition coefficient (Wildman–Crippen LogP) is 2.33. The minimum atomic E-state index is -0.187. The van der Waals surface area contributed by atoms with E-state index in [1.807, 2.05) is 52.4 Å². The number of urea groups is 1. The van der Waals surface area contributed by atoms with Crippen molar-refractivity contribution >= 4 is 23.4 Å². The third-order valence-electron chi connectivity index (χ3n) is 4.02. The van der Waals surface area contributed by atoms with Gasteiger partial charge in [0.25, 0.3) is 0 Å². The Morgan fingerprint density at radius 2 is 2.27 bits per heavy atom. The minimum absolute atomic E-state index is 0.0184. The number of thioether (sulfide) groups is 1. The molecule has 7 heteroatoms. The van der Waals surface area contributed by atoms with Crippen LogP contribution in [0.1, 0.15) is 32.1 Å². The van der Waals surface area contributed by atoms with Gasteiger partial charge in [-0.25, -0.2) is 4.79 Å². The number of carbonyl (C=O) groups excluding carboxylic acids is 1. The summed E-state index contributed by atoms with van der Waals surface area (Å²) in [6.07, 6.45) is 2.96. The van der Waals surface area contributed by atoms with Crippen LogP contribution in [0.15, 0.2) is 24.4 Å². The maximum Gasteiger partial charge on any atom is 0.318 e. The SMILES string of the molecule is C[C@H](NC(=O)N1CCSCC[C@H]1C)c1nnc2ccccn12. The molecule has 3 heterocycles. The fourth-order valence-electron chi connectivity index (χ4n) is 2.68. The number of pyridine rings is 1. The van der Waals surface area contributed by atoms with Gasteiger partial charge in [0.1, 0.15) is 0 Å². The maximum absolute atomic E-state index is 12.6. The zero-order valence-electron chi connectivity index (χ0n) is 12.9. The van der Waals surface area contributed by atoms with E-state index in [-0.39, 0.29) is 18.1 Å². The van der Waals surface area contributed by atoms with Crippen molar-refractivity contribution in [3.05, 3.63) is 30.2 Å². The summed E-state index contributed by atoms with van der Waals surface area (Å²) >= 11 is 1.91. The first-order chi connectivity index (χ1) is 10.7. The van der Waals surface area contributed by atoms with Crippen LogP contribution >= 0.6 is 11.8 Å². The molecule has 1 aliphatic heterocycles. The molecule has 0 bridgehead atoms. The van der Waals surface area contributed by atoms with E-state index in [0.29, 0.717) is 0 Å². The average molecular weight is 319 g/mol. The zero-order valence-corrected chi connectivity index (χ0v) is 13.7. The van der Waals surface area contributed by atoms with Crippen molar-refractivity contribution in [1.82, 2.24) is 24.8 Å². The van der Waals surface area contributed by atoms with Crippen LogP contribution in [0.2, 0.25) is 0 Å². The second-order valence-corrected chi connectivity index (χ2v) is 6.83. The molecule has 3 rings (SSSR count). The molecule has 2 amide bonds. The first kappa shape index (κ1) is 15.1. The van der Waals surface area contributed by atoms with Gasteiger partial charge >= 0.3 is 6.03 Å². The molecule has 0 spiro atoms. The van der Waals surface area contributed by atoms with Crippen molar-refractivity contribution in [2.75, 3.05) is 18.1 Å². The van der Waals surface area contributed by atoms with E-state index in [2.05, 4.69) is 22.4 Å². The summed E-state index contributed by atoms with van der Waals surface area (Å²) in [7, 11) is 0. The van der Waals surface area contributed by atoms with Gasteiger partial charge in [0.2, 0.25) is 0 Å². The van der Waals surface area contributed by atoms with Gasteiger partial charge in [-0.05, 0) is 38.2 Å². The molecule has 1 aliphatic rings. The maximum atomic E-state index is 12.6. The predicted molar refractivity (Wildman–Crippen MR) is 88.0 cm³/mol. The van der Waals surface area contributed by atoms with Crippen molar-refractivity contribution in [3.8, 4) is 0 Å². The number of amides is 2. The molecular weight excluding hydrogens is 298 g/mol. The molecule has 0 saturated carbocycles. The summed E-state index contributed by atoms with van der Waals surface area (Å²) in [5.74, 6) is 2.87. The Morgan fingerprint density at radius 1 is 1.41 bits per heavy atom. The summed E-state index contributed by atoms with van der Waals surface area (Å²) in [6, 6.07) is 5.83. The fraction of sp³-hybridized carbons (Fsp3) is 0.533. The van der Waals surface area contributed by atoms with Gasteiger partial charge in [-0.1, -0.05) is 6.07 Å². The first-order valence-corrected chi connectivity index (χ1v) is 8.77. The highest BCUT2D eigenvalue weighted by molar-refractivity contribution is 7.99. The quantitative estimate of drug-likeness (QED) is 0.923. The van der Waals surface area contributed by atoms with E-state index in [9.17, 15) is 4.79 Å². The summed E-state index contributed by atoms with van der Waals surface area (Å²) in [5.41, 5.74) is 0.790. The van der Waals surface area contributed by atoms with Crippen LogP contribution in [0, 0.1) is 0 Å². The molecule has 2 aromatic heterocycles. The van der Waals surface area contributed by atoms with Crippen molar-refractivity contribution < 1.29 is 4.79 Å². The molecule has 0 radical (unpaired) electrons. The lowest BCUT2D eigenvalue weighted by atomic mass is 10.2. The highest BCUT2D eigenvalue weighted by Gasteiger charge is 2.24. The van der Waals surface area contributed by atoms with Crippen LogP contribution in [0.4, 0.5) is 4.79 Å². The molecule has 22 heavy (non-hydrogen) atoms. The van der Waals surface area contributed by atoms with E-state index in [1.54, 1.807) is 0 Å². The lowest BCUT2D eigenvalue weighted by molar-refractivity contribution is 0.179. The normalized spacial score (nSPS) is 20.6. The summed E-state index contributed by atoms with van der Waals surface area (Å²) in [6.45, 7) is 4.85. The lowest BCUT2D eigenvalue weighted by Crippen LogP contribution is -2.46. The van der Waals surface area contributed by atoms with Crippen LogP contribution in [0.5, 0.6) is 0 Å². The Bertz CT molecular complexity index is 658. The van der Waals surface area contributed by atoms with E-state index in [1.165, 1.54) is 0 Å². The smallest absolute Gasteiger partial charge is 0.318 e. The van der Waals surface area contributed by atoms with Crippen molar-refractivity contribution in [2.24, 2.45) is 0 Å². The number of nitrogens with zero attached hydrogens (tertiary/aromatic N) is 4. The van der Waals surface area contributed by atoms with Crippen LogP contribution in [-0.4, -0.2) is 49.6 Å². The molecule has 0 aliphatic carbocycles. The van der Waals surface area contributed by atoms with Crippen molar-refractivity contribution in [3.63, 3.8) is 0 Å². The Kier molecular flexibility index (Phi) is 4.52. The molecule has 1 N–H and O–H groups in total. The van der Waals surface area contributed by atoms with Gasteiger partial charge in [0, 0.05) is 24.5 Å². The molecule has 0 unspecified atom stereocenters. The number of aromatic nitrogens is 3. The number of fused-ring (bicyclic) bond motifs is 1. The average Bonchev–Trinajstić information content (AvgIpc) is 2.82. The Labute approximate surface area is 134 Å². The van der Waals surface area contributed by atoms with Gasteiger partial charge in [-0.2, -0.15) is 11.8 Å². The third kappa shape index (κ3) is 3.04. The Morgan fingerprint density at radius 3 is 3.14 bits per heavy atom. The van der Waals surface area contributed by atoms with Crippen molar-refractivity contribution in [2.45, 2.75) is 32.4 Å². The van der Waals surface area contributed by atoms with Crippen LogP contribution in [-0.2, 0) is 0 Å². The highest BCUT2D eigenvalue weighted by atomic mass is 32.2. The van der Waals surface area contributed by atoms with Gasteiger partial charge in [0.05, 0.1) is 6.04 Å². The first-order valence-electron chi connectivity index (χ1n) is 7.61. The second kappa shape index (κ2) is 6.56. The molecular formula is C15H21N5OS. The number of rotatable bonds is 2. The van der Waals surface area contributed by atoms with Gasteiger partial charge in [-0.15, -0.1) is 10.2 Å². The Hall–Kier alpha value is -1.76. The number of hydrogen-bond acceptors (Lipinski definition) is 4. The van der Waals surface area contributed by atoms with Gasteiger partial charge < -0.3 is 10.2 Å². The van der Waals surface area contributed by atoms with E-state index in [4.69, 9.17) is 0 Å². The number of nitrogens with one attached hydrogen (secondary N) is 1. The van der Waals surface area contributed by atoms with Crippen molar-refractivity contribution in [1.29, 1.82) is 0 Å². The number of carbonyl (C=O) groups is 1. The molecule has 118 valence electrons. The molecule has 2 atom stereocenters. The van der Waals surface area contributed by atoms with Crippen LogP contribution in [0.25, 0.3) is 5.65 Å². The zero-order chi connectivity index (χ0) is 15.5. The topological polar surface area (TPSA) is 62.5 Å². The highest BCUT2D eigenvalue weighted by Crippen LogP contribution is 2.17. The Balaban J connectivity index is 1.73. The van der Waals surface area contributed by atoms with Crippen LogP contribution < -0.4 is 5.32 Å².